The fourth-order valence-corrected chi connectivity index (χ4v) is 3.99. The number of hydrogen-bond donors (Lipinski definition) is 2. The number of nitrogens with zero attached hydrogens (tertiary/aromatic N) is 3. The van der Waals surface area contributed by atoms with Gasteiger partial charge in [-0.1, -0.05) is 0 Å². The first-order valence-corrected chi connectivity index (χ1v) is 9.71. The van der Waals surface area contributed by atoms with Crippen LogP contribution in [-0.4, -0.2) is 46.2 Å². The summed E-state index contributed by atoms with van der Waals surface area (Å²) in [5, 5.41) is 17.5. The molecule has 7 nitrogen and oxygen atoms in total. The third-order valence-corrected chi connectivity index (χ3v) is 5.82. The monoisotopic (exact) mass is 368 g/mol. The zero-order chi connectivity index (χ0) is 18.5. The van der Waals surface area contributed by atoms with E-state index in [0.29, 0.717) is 6.04 Å². The van der Waals surface area contributed by atoms with Gasteiger partial charge < -0.3 is 15.2 Å². The molecule has 0 spiro atoms. The van der Waals surface area contributed by atoms with Crippen molar-refractivity contribution in [1.29, 1.82) is 0 Å². The Morgan fingerprint density at radius 3 is 2.78 bits per heavy atom. The first-order chi connectivity index (χ1) is 13.1. The zero-order valence-corrected chi connectivity index (χ0v) is 15.4. The van der Waals surface area contributed by atoms with Crippen LogP contribution in [0.1, 0.15) is 37.8 Å². The lowest BCUT2D eigenvalue weighted by Crippen LogP contribution is -2.50. The van der Waals surface area contributed by atoms with Crippen LogP contribution in [0.3, 0.4) is 0 Å². The molecule has 5 rings (SSSR count). The van der Waals surface area contributed by atoms with Crippen LogP contribution in [0.15, 0.2) is 24.5 Å². The maximum absolute atomic E-state index is 11.8. The van der Waals surface area contributed by atoms with Gasteiger partial charge >= 0.3 is 6.09 Å². The van der Waals surface area contributed by atoms with Crippen molar-refractivity contribution in [3.8, 4) is 16.9 Å². The van der Waals surface area contributed by atoms with E-state index in [2.05, 4.69) is 16.6 Å². The summed E-state index contributed by atoms with van der Waals surface area (Å²) in [6.07, 6.45) is 7.20. The SMILES string of the molecule is CC1CCc2c(ccc(-c3cnn(C4CC4)c3)c2OC2CNC2)N1C(=O)O. The van der Waals surface area contributed by atoms with Crippen LogP contribution in [0, 0.1) is 0 Å². The second-order valence-corrected chi connectivity index (χ2v) is 7.82. The highest BCUT2D eigenvalue weighted by molar-refractivity contribution is 5.91. The summed E-state index contributed by atoms with van der Waals surface area (Å²) < 4.78 is 8.40. The normalized spacial score (nSPS) is 22.3. The second-order valence-electron chi connectivity index (χ2n) is 7.82. The van der Waals surface area contributed by atoms with Gasteiger partial charge in [-0.3, -0.25) is 9.58 Å². The van der Waals surface area contributed by atoms with Crippen LogP contribution in [-0.2, 0) is 6.42 Å². The van der Waals surface area contributed by atoms with E-state index in [1.165, 1.54) is 17.7 Å². The van der Waals surface area contributed by atoms with Gasteiger partial charge in [0.1, 0.15) is 11.9 Å². The standard InChI is InChI=1S/C20H24N4O3/c1-12-2-5-17-18(24(12)20(25)26)7-6-16(19(17)27-15-9-21-10-15)13-8-22-23(11-13)14-3-4-14/h6-8,11-12,14-15,21H,2-5,9-10H2,1H3,(H,25,26). The van der Waals surface area contributed by atoms with E-state index in [9.17, 15) is 9.90 Å². The van der Waals surface area contributed by atoms with Gasteiger partial charge in [0.25, 0.3) is 0 Å². The average Bonchev–Trinajstić information content (AvgIpc) is 3.34. The summed E-state index contributed by atoms with van der Waals surface area (Å²) >= 11 is 0. The molecule has 1 atom stereocenters. The minimum atomic E-state index is -0.908. The molecule has 0 radical (unpaired) electrons. The lowest BCUT2D eigenvalue weighted by molar-refractivity contribution is 0.141. The van der Waals surface area contributed by atoms with E-state index in [4.69, 9.17) is 4.74 Å². The quantitative estimate of drug-likeness (QED) is 0.867. The molecular weight excluding hydrogens is 344 g/mol. The second kappa shape index (κ2) is 6.27. The Hall–Kier alpha value is -2.54. The van der Waals surface area contributed by atoms with E-state index < -0.39 is 6.09 Å². The molecule has 1 aromatic carbocycles. The van der Waals surface area contributed by atoms with Crippen molar-refractivity contribution in [2.24, 2.45) is 0 Å². The molecule has 3 heterocycles. The average molecular weight is 368 g/mol. The molecule has 27 heavy (non-hydrogen) atoms. The summed E-state index contributed by atoms with van der Waals surface area (Å²) in [4.78, 5) is 13.3. The van der Waals surface area contributed by atoms with Crippen molar-refractivity contribution < 1.29 is 14.6 Å². The molecule has 2 aromatic rings. The van der Waals surface area contributed by atoms with Crippen molar-refractivity contribution in [2.45, 2.75) is 50.8 Å². The molecule has 0 bridgehead atoms. The summed E-state index contributed by atoms with van der Waals surface area (Å²) in [5.74, 6) is 0.826. The Labute approximate surface area is 157 Å². The van der Waals surface area contributed by atoms with Gasteiger partial charge in [-0.25, -0.2) is 4.79 Å². The molecular formula is C20H24N4O3. The molecule has 1 aromatic heterocycles. The molecule has 1 saturated carbocycles. The van der Waals surface area contributed by atoms with E-state index >= 15 is 0 Å². The number of nitrogens with one attached hydrogen (secondary N) is 1. The van der Waals surface area contributed by atoms with Crippen LogP contribution in [0.25, 0.3) is 11.1 Å². The summed E-state index contributed by atoms with van der Waals surface area (Å²) in [6, 6.07) is 4.41. The molecule has 1 amide bonds. The highest BCUT2D eigenvalue weighted by atomic mass is 16.5. The number of anilines is 1. The Bertz CT molecular complexity index is 885. The summed E-state index contributed by atoms with van der Waals surface area (Å²) in [6.45, 7) is 3.61. The fourth-order valence-electron chi connectivity index (χ4n) is 3.99. The van der Waals surface area contributed by atoms with Gasteiger partial charge in [-0.2, -0.15) is 5.10 Å². The molecule has 142 valence electrons. The maximum Gasteiger partial charge on any atom is 0.412 e. The topological polar surface area (TPSA) is 79.6 Å². The number of carboxylic acid groups (broad SMARTS) is 1. The number of amides is 1. The van der Waals surface area contributed by atoms with Gasteiger partial charge in [-0.15, -0.1) is 0 Å². The van der Waals surface area contributed by atoms with Gasteiger partial charge in [-0.05, 0) is 44.7 Å². The highest BCUT2D eigenvalue weighted by Crippen LogP contribution is 2.44. The van der Waals surface area contributed by atoms with Gasteiger partial charge in [0.05, 0.1) is 17.9 Å². The number of ether oxygens (including phenoxy) is 1. The minimum Gasteiger partial charge on any atom is -0.487 e. The lowest BCUT2D eigenvalue weighted by atomic mass is 9.92. The summed E-state index contributed by atoms with van der Waals surface area (Å²) in [7, 11) is 0. The molecule has 3 aliphatic rings. The molecule has 2 fully saturated rings. The summed E-state index contributed by atoms with van der Waals surface area (Å²) in [5.41, 5.74) is 3.79. The predicted molar refractivity (Wildman–Crippen MR) is 102 cm³/mol. The van der Waals surface area contributed by atoms with Crippen LogP contribution in [0.4, 0.5) is 10.5 Å². The van der Waals surface area contributed by atoms with Crippen LogP contribution >= 0.6 is 0 Å². The van der Waals surface area contributed by atoms with Crippen molar-refractivity contribution in [3.05, 3.63) is 30.1 Å². The van der Waals surface area contributed by atoms with E-state index in [1.807, 2.05) is 29.9 Å². The van der Waals surface area contributed by atoms with E-state index in [-0.39, 0.29) is 12.1 Å². The molecule has 7 heteroatoms. The van der Waals surface area contributed by atoms with Crippen molar-refractivity contribution in [3.63, 3.8) is 0 Å². The van der Waals surface area contributed by atoms with Gasteiger partial charge in [0.15, 0.2) is 0 Å². The Balaban J connectivity index is 1.60. The van der Waals surface area contributed by atoms with E-state index in [1.54, 1.807) is 0 Å². The Morgan fingerprint density at radius 1 is 1.30 bits per heavy atom. The smallest absolute Gasteiger partial charge is 0.412 e. The maximum atomic E-state index is 11.8. The Kier molecular flexibility index (Phi) is 3.86. The minimum absolute atomic E-state index is 0.0308. The van der Waals surface area contributed by atoms with Crippen LogP contribution in [0.5, 0.6) is 5.75 Å². The number of aromatic nitrogens is 2. The van der Waals surface area contributed by atoms with Crippen LogP contribution < -0.4 is 15.0 Å². The van der Waals surface area contributed by atoms with E-state index in [0.717, 1.165) is 54.1 Å². The van der Waals surface area contributed by atoms with Crippen molar-refractivity contribution in [1.82, 2.24) is 15.1 Å². The van der Waals surface area contributed by atoms with Gasteiger partial charge in [0.2, 0.25) is 0 Å². The van der Waals surface area contributed by atoms with Crippen LogP contribution in [0.2, 0.25) is 0 Å². The molecule has 2 aliphatic heterocycles. The molecule has 1 saturated heterocycles. The number of benzene rings is 1. The predicted octanol–water partition coefficient (Wildman–Crippen LogP) is 3.05. The highest BCUT2D eigenvalue weighted by Gasteiger charge is 2.33. The largest absolute Gasteiger partial charge is 0.487 e. The molecule has 1 aliphatic carbocycles. The third kappa shape index (κ3) is 2.86. The number of rotatable bonds is 4. The third-order valence-electron chi connectivity index (χ3n) is 5.82. The number of carbonyl (C=O) groups is 1. The number of hydrogen-bond acceptors (Lipinski definition) is 4. The molecule has 1 unspecified atom stereocenters. The first-order valence-electron chi connectivity index (χ1n) is 9.71. The molecule has 2 N–H and O–H groups in total. The number of fused-ring (bicyclic) bond motifs is 1. The van der Waals surface area contributed by atoms with Crippen molar-refractivity contribution in [2.75, 3.05) is 18.0 Å². The Morgan fingerprint density at radius 2 is 2.11 bits per heavy atom. The zero-order valence-electron chi connectivity index (χ0n) is 15.4. The van der Waals surface area contributed by atoms with Gasteiger partial charge in [0, 0.05) is 42.0 Å². The fraction of sp³-hybridized carbons (Fsp3) is 0.500. The lowest BCUT2D eigenvalue weighted by Gasteiger charge is -2.36. The first kappa shape index (κ1) is 16.6. The van der Waals surface area contributed by atoms with Crippen molar-refractivity contribution >= 4 is 11.8 Å².